The second kappa shape index (κ2) is 5.72. The number of amides is 1. The smallest absolute Gasteiger partial charge is 0.239 e. The van der Waals surface area contributed by atoms with E-state index in [9.17, 15) is 4.79 Å². The Labute approximate surface area is 101 Å². The van der Waals surface area contributed by atoms with Gasteiger partial charge in [0.1, 0.15) is 5.82 Å². The number of likely N-dealkylation sites (tertiary alicyclic amines) is 1. The zero-order chi connectivity index (χ0) is 12.1. The van der Waals surface area contributed by atoms with E-state index < -0.39 is 0 Å². The highest BCUT2D eigenvalue weighted by molar-refractivity contribution is 5.81. The van der Waals surface area contributed by atoms with Gasteiger partial charge in [-0.3, -0.25) is 10.1 Å². The average molecular weight is 234 g/mol. The summed E-state index contributed by atoms with van der Waals surface area (Å²) in [6, 6.07) is 1.61. The molecule has 0 aliphatic carbocycles. The maximum Gasteiger partial charge on any atom is 0.239 e. The van der Waals surface area contributed by atoms with Gasteiger partial charge in [0.05, 0.1) is 12.6 Å². The molecule has 1 unspecified atom stereocenters. The van der Waals surface area contributed by atoms with E-state index >= 15 is 0 Å². The third kappa shape index (κ3) is 3.23. The Kier molecular flexibility index (Phi) is 4.03. The number of carbonyl (C=O) groups is 1. The van der Waals surface area contributed by atoms with Crippen molar-refractivity contribution in [2.75, 3.05) is 13.1 Å². The molecular formula is C12H18N4O. The van der Waals surface area contributed by atoms with E-state index in [1.807, 2.05) is 11.8 Å². The number of nitrogens with zero attached hydrogens (tertiary/aromatic N) is 3. The highest BCUT2D eigenvalue weighted by Crippen LogP contribution is 2.08. The SMILES string of the molecule is CC(NCc1ncccn1)C(=O)N1CCCC1. The van der Waals surface area contributed by atoms with Gasteiger partial charge in [0, 0.05) is 25.5 Å². The van der Waals surface area contributed by atoms with Gasteiger partial charge in [-0.25, -0.2) is 9.97 Å². The molecule has 92 valence electrons. The van der Waals surface area contributed by atoms with Gasteiger partial charge in [0.2, 0.25) is 5.91 Å². The molecule has 1 fully saturated rings. The van der Waals surface area contributed by atoms with E-state index in [1.54, 1.807) is 18.5 Å². The summed E-state index contributed by atoms with van der Waals surface area (Å²) in [7, 11) is 0. The predicted octanol–water partition coefficient (Wildman–Crippen LogP) is 0.577. The molecule has 2 heterocycles. The zero-order valence-electron chi connectivity index (χ0n) is 10.1. The van der Waals surface area contributed by atoms with Gasteiger partial charge in [-0.1, -0.05) is 0 Å². The van der Waals surface area contributed by atoms with Crippen LogP contribution in [0.15, 0.2) is 18.5 Å². The summed E-state index contributed by atoms with van der Waals surface area (Å²) in [6.45, 7) is 4.21. The van der Waals surface area contributed by atoms with Crippen LogP contribution in [-0.2, 0) is 11.3 Å². The average Bonchev–Trinajstić information content (AvgIpc) is 2.90. The van der Waals surface area contributed by atoms with Crippen LogP contribution < -0.4 is 5.32 Å². The van der Waals surface area contributed by atoms with Crippen LogP contribution in [0.1, 0.15) is 25.6 Å². The minimum absolute atomic E-state index is 0.170. The quantitative estimate of drug-likeness (QED) is 0.828. The second-order valence-corrected chi connectivity index (χ2v) is 4.30. The molecule has 1 amide bonds. The number of aromatic nitrogens is 2. The summed E-state index contributed by atoms with van der Waals surface area (Å²) in [4.78, 5) is 22.1. The molecule has 5 heteroatoms. The van der Waals surface area contributed by atoms with Gasteiger partial charge < -0.3 is 4.90 Å². The van der Waals surface area contributed by atoms with Gasteiger partial charge >= 0.3 is 0 Å². The minimum Gasteiger partial charge on any atom is -0.341 e. The first-order valence-corrected chi connectivity index (χ1v) is 6.05. The van der Waals surface area contributed by atoms with Crippen LogP contribution >= 0.6 is 0 Å². The number of rotatable bonds is 4. The van der Waals surface area contributed by atoms with E-state index in [-0.39, 0.29) is 11.9 Å². The molecule has 1 atom stereocenters. The lowest BCUT2D eigenvalue weighted by Crippen LogP contribution is -2.43. The normalized spacial score (nSPS) is 17.1. The first-order valence-electron chi connectivity index (χ1n) is 6.05. The molecule has 0 bridgehead atoms. The van der Waals surface area contributed by atoms with Crippen molar-refractivity contribution >= 4 is 5.91 Å². The Bertz CT molecular complexity index is 362. The van der Waals surface area contributed by atoms with Crippen molar-refractivity contribution in [3.05, 3.63) is 24.3 Å². The summed E-state index contributed by atoms with van der Waals surface area (Å²) in [6.07, 6.45) is 5.66. The topological polar surface area (TPSA) is 58.1 Å². The summed E-state index contributed by atoms with van der Waals surface area (Å²) >= 11 is 0. The fraction of sp³-hybridized carbons (Fsp3) is 0.583. The van der Waals surface area contributed by atoms with E-state index in [0.717, 1.165) is 25.9 Å². The predicted molar refractivity (Wildman–Crippen MR) is 64.1 cm³/mol. The maximum absolute atomic E-state index is 12.0. The minimum atomic E-state index is -0.170. The van der Waals surface area contributed by atoms with Crippen LogP contribution in [-0.4, -0.2) is 39.9 Å². The second-order valence-electron chi connectivity index (χ2n) is 4.30. The largest absolute Gasteiger partial charge is 0.341 e. The third-order valence-electron chi connectivity index (χ3n) is 2.97. The highest BCUT2D eigenvalue weighted by Gasteiger charge is 2.22. The van der Waals surface area contributed by atoms with Crippen LogP contribution in [0, 0.1) is 0 Å². The number of nitrogens with one attached hydrogen (secondary N) is 1. The summed E-state index contributed by atoms with van der Waals surface area (Å²) in [5.74, 6) is 0.895. The molecule has 1 N–H and O–H groups in total. The molecule has 0 spiro atoms. The van der Waals surface area contributed by atoms with Gasteiger partial charge in [0.15, 0.2) is 0 Å². The van der Waals surface area contributed by atoms with Crippen molar-refractivity contribution in [3.8, 4) is 0 Å². The Morgan fingerprint density at radius 1 is 1.41 bits per heavy atom. The third-order valence-corrected chi connectivity index (χ3v) is 2.97. The Hall–Kier alpha value is -1.49. The Morgan fingerprint density at radius 3 is 2.71 bits per heavy atom. The van der Waals surface area contributed by atoms with E-state index in [0.29, 0.717) is 12.4 Å². The zero-order valence-corrected chi connectivity index (χ0v) is 10.1. The van der Waals surface area contributed by atoms with Gasteiger partial charge in [-0.15, -0.1) is 0 Å². The molecule has 1 aliphatic rings. The molecule has 1 aromatic heterocycles. The maximum atomic E-state index is 12.0. The fourth-order valence-electron chi connectivity index (χ4n) is 1.96. The first kappa shape index (κ1) is 12.0. The van der Waals surface area contributed by atoms with Crippen LogP contribution in [0.4, 0.5) is 0 Å². The monoisotopic (exact) mass is 234 g/mol. The van der Waals surface area contributed by atoms with Crippen LogP contribution in [0.5, 0.6) is 0 Å². The number of carbonyl (C=O) groups excluding carboxylic acids is 1. The van der Waals surface area contributed by atoms with Crippen LogP contribution in [0.3, 0.4) is 0 Å². The van der Waals surface area contributed by atoms with Crippen LogP contribution in [0.25, 0.3) is 0 Å². The summed E-state index contributed by atoms with van der Waals surface area (Å²) < 4.78 is 0. The molecule has 0 aromatic carbocycles. The number of hydrogen-bond donors (Lipinski definition) is 1. The molecule has 0 radical (unpaired) electrons. The molecule has 17 heavy (non-hydrogen) atoms. The van der Waals surface area contributed by atoms with Crippen molar-refractivity contribution in [2.45, 2.75) is 32.4 Å². The van der Waals surface area contributed by atoms with Crippen molar-refractivity contribution in [2.24, 2.45) is 0 Å². The molecule has 1 saturated heterocycles. The Morgan fingerprint density at radius 2 is 2.06 bits per heavy atom. The molecule has 0 saturated carbocycles. The molecule has 2 rings (SSSR count). The lowest BCUT2D eigenvalue weighted by atomic mass is 10.3. The standard InChI is InChI=1S/C12H18N4O/c1-10(12(17)16-7-2-3-8-16)15-9-11-13-5-4-6-14-11/h4-6,10,15H,2-3,7-9H2,1H3. The summed E-state index contributed by atoms with van der Waals surface area (Å²) in [5, 5.41) is 3.16. The molecule has 5 nitrogen and oxygen atoms in total. The van der Waals surface area contributed by atoms with Crippen LogP contribution in [0.2, 0.25) is 0 Å². The van der Waals surface area contributed by atoms with Gasteiger partial charge in [-0.05, 0) is 25.8 Å². The molecule has 1 aromatic rings. The summed E-state index contributed by atoms with van der Waals surface area (Å²) in [5.41, 5.74) is 0. The van der Waals surface area contributed by atoms with Gasteiger partial charge in [0.25, 0.3) is 0 Å². The fourth-order valence-corrected chi connectivity index (χ4v) is 1.96. The number of hydrogen-bond acceptors (Lipinski definition) is 4. The van der Waals surface area contributed by atoms with E-state index in [1.165, 1.54) is 0 Å². The van der Waals surface area contributed by atoms with E-state index in [2.05, 4.69) is 15.3 Å². The molecular weight excluding hydrogens is 216 g/mol. The van der Waals surface area contributed by atoms with Gasteiger partial charge in [-0.2, -0.15) is 0 Å². The lowest BCUT2D eigenvalue weighted by Gasteiger charge is -2.20. The van der Waals surface area contributed by atoms with E-state index in [4.69, 9.17) is 0 Å². The van der Waals surface area contributed by atoms with Crippen molar-refractivity contribution < 1.29 is 4.79 Å². The Balaban J connectivity index is 1.80. The molecule has 1 aliphatic heterocycles. The highest BCUT2D eigenvalue weighted by atomic mass is 16.2. The lowest BCUT2D eigenvalue weighted by molar-refractivity contribution is -0.132. The van der Waals surface area contributed by atoms with Crippen molar-refractivity contribution in [3.63, 3.8) is 0 Å². The van der Waals surface area contributed by atoms with Crippen molar-refractivity contribution in [1.82, 2.24) is 20.2 Å². The van der Waals surface area contributed by atoms with Crippen molar-refractivity contribution in [1.29, 1.82) is 0 Å². The first-order chi connectivity index (χ1) is 8.27.